The number of unbranched alkanes of at least 4 members (excludes halogenated alkanes) is 24. The van der Waals surface area contributed by atoms with E-state index in [4.69, 9.17) is 29.7 Å². The molecule has 2 aromatic heterocycles. The van der Waals surface area contributed by atoms with E-state index in [1.54, 1.807) is 25.9 Å². The number of halogens is 1. The number of nitrogens with zero attached hydrogens (tertiary/aromatic N) is 5. The number of aryl methyl sites for hydroxylation is 1. The summed E-state index contributed by atoms with van der Waals surface area (Å²) in [5, 5.41) is 11.0. The lowest BCUT2D eigenvalue weighted by atomic mass is 9.97. The summed E-state index contributed by atoms with van der Waals surface area (Å²) >= 11 is 0. The van der Waals surface area contributed by atoms with Crippen LogP contribution in [-0.4, -0.2) is 99.4 Å². The first kappa shape index (κ1) is 58.1. The monoisotopic (exact) mass is 966 g/mol. The molecule has 1 fully saturated rings. The van der Waals surface area contributed by atoms with E-state index in [1.165, 1.54) is 126 Å². The highest BCUT2D eigenvalue weighted by Crippen LogP contribution is 2.47. The molecule has 0 saturated carbocycles. The Labute approximate surface area is 401 Å². The second-order valence-corrected chi connectivity index (χ2v) is 20.0. The number of ether oxygens (including phenoxy) is 3. The number of anilines is 1. The van der Waals surface area contributed by atoms with E-state index >= 15 is 4.39 Å². The summed E-state index contributed by atoms with van der Waals surface area (Å²) in [4.78, 5) is 51.2. The Bertz CT molecular complexity index is 1790. The summed E-state index contributed by atoms with van der Waals surface area (Å²) in [5.41, 5.74) is -2.28. The summed E-state index contributed by atoms with van der Waals surface area (Å²) in [6, 6.07) is 0. The van der Waals surface area contributed by atoms with E-state index in [-0.39, 0.29) is 18.5 Å². The van der Waals surface area contributed by atoms with Gasteiger partial charge in [-0.25, -0.2) is 23.9 Å². The number of fused-ring (bicyclic) bond motifs is 1. The zero-order chi connectivity index (χ0) is 48.9. The minimum absolute atomic E-state index is 0.126. The van der Waals surface area contributed by atoms with Crippen molar-refractivity contribution < 1.29 is 51.8 Å². The largest absolute Gasteiger partial charge is 0.472 e. The fourth-order valence-corrected chi connectivity index (χ4v) is 9.14. The van der Waals surface area contributed by atoms with Crippen LogP contribution in [0.1, 0.15) is 206 Å². The molecular formula is C50H85FN5O10P. The second-order valence-electron chi connectivity index (χ2n) is 18.5. The smallest absolute Gasteiger partial charge is 0.462 e. The molecule has 1 saturated heterocycles. The van der Waals surface area contributed by atoms with Gasteiger partial charge < -0.3 is 29.1 Å². The van der Waals surface area contributed by atoms with Crippen molar-refractivity contribution in [2.24, 2.45) is 0 Å². The summed E-state index contributed by atoms with van der Waals surface area (Å²) in [6.07, 6.45) is 31.2. The number of alkyl halides is 1. The molecule has 0 aromatic carbocycles. The average molecular weight is 966 g/mol. The third kappa shape index (κ3) is 21.6. The molecule has 2 aromatic rings. The molecule has 15 nitrogen and oxygen atoms in total. The Morgan fingerprint density at radius 2 is 1.28 bits per heavy atom. The number of aromatic nitrogens is 4. The number of hydrogen-bond acceptors (Lipinski definition) is 13. The van der Waals surface area contributed by atoms with Gasteiger partial charge in [0.05, 0.1) is 19.5 Å². The third-order valence-corrected chi connectivity index (χ3v) is 13.3. The fraction of sp³-hybridized carbons (Fsp3) is 0.820. The SMILES string of the molecule is C#C[C@@]1(F)[C@H](O)[C@@H](COP(=O)(O)OCC(COC(=O)CCCCCCCCCCCCCCC)OC(=O)CCCCCCCCCCCCCCC)O[C@H]1n1cnc2c(N(C)C)nc(C)nc21. The van der Waals surface area contributed by atoms with Crippen LogP contribution in [0, 0.1) is 19.3 Å². The van der Waals surface area contributed by atoms with Crippen molar-refractivity contribution in [3.05, 3.63) is 12.2 Å². The van der Waals surface area contributed by atoms with Crippen molar-refractivity contribution in [1.82, 2.24) is 19.5 Å². The molecule has 0 bridgehead atoms. The maximum atomic E-state index is 16.4. The summed E-state index contributed by atoms with van der Waals surface area (Å²) < 4.78 is 58.1. The lowest BCUT2D eigenvalue weighted by Gasteiger charge is -2.23. The molecule has 6 atom stereocenters. The second kappa shape index (κ2) is 32.6. The number of aliphatic hydroxyl groups is 1. The van der Waals surface area contributed by atoms with Crippen LogP contribution >= 0.6 is 7.82 Å². The van der Waals surface area contributed by atoms with Gasteiger partial charge in [0, 0.05) is 26.9 Å². The van der Waals surface area contributed by atoms with Crippen molar-refractivity contribution in [1.29, 1.82) is 0 Å². The topological polar surface area (TPSA) is 185 Å². The minimum Gasteiger partial charge on any atom is -0.462 e. The maximum absolute atomic E-state index is 16.4. The van der Waals surface area contributed by atoms with E-state index in [0.717, 1.165) is 38.5 Å². The zero-order valence-electron chi connectivity index (χ0n) is 41.6. The van der Waals surface area contributed by atoms with E-state index in [9.17, 15) is 24.2 Å². The number of phosphoric acid groups is 1. The number of carbonyl (C=O) groups excluding carboxylic acids is 2. The van der Waals surface area contributed by atoms with Crippen molar-refractivity contribution in [3.63, 3.8) is 0 Å². The lowest BCUT2D eigenvalue weighted by molar-refractivity contribution is -0.161. The molecule has 0 aliphatic carbocycles. The normalized spacial score (nSPS) is 19.6. The summed E-state index contributed by atoms with van der Waals surface area (Å²) in [5.74, 6) is 1.79. The molecule has 0 radical (unpaired) electrons. The van der Waals surface area contributed by atoms with Gasteiger partial charge in [0.25, 0.3) is 0 Å². The first-order valence-corrected chi connectivity index (χ1v) is 27.1. The van der Waals surface area contributed by atoms with Crippen LogP contribution < -0.4 is 4.90 Å². The third-order valence-electron chi connectivity index (χ3n) is 12.4. The molecule has 382 valence electrons. The molecule has 3 heterocycles. The molecule has 1 aliphatic rings. The van der Waals surface area contributed by atoms with E-state index in [2.05, 4.69) is 28.8 Å². The molecular weight excluding hydrogens is 881 g/mol. The molecule has 2 unspecified atom stereocenters. The van der Waals surface area contributed by atoms with Crippen LogP contribution in [0.5, 0.6) is 0 Å². The molecule has 0 amide bonds. The van der Waals surface area contributed by atoms with E-state index in [0.29, 0.717) is 30.0 Å². The van der Waals surface area contributed by atoms with Crippen LogP contribution in [0.15, 0.2) is 6.33 Å². The van der Waals surface area contributed by atoms with E-state index in [1.807, 2.05) is 5.92 Å². The molecule has 0 spiro atoms. The summed E-state index contributed by atoms with van der Waals surface area (Å²) in [6.45, 7) is 4.28. The predicted octanol–water partition coefficient (Wildman–Crippen LogP) is 11.4. The molecule has 67 heavy (non-hydrogen) atoms. The van der Waals surface area contributed by atoms with Crippen molar-refractivity contribution in [2.75, 3.05) is 38.8 Å². The van der Waals surface area contributed by atoms with Crippen LogP contribution in [-0.2, 0) is 37.4 Å². The van der Waals surface area contributed by atoms with Gasteiger partial charge in [0.2, 0.25) is 5.67 Å². The van der Waals surface area contributed by atoms with Gasteiger partial charge in [-0.15, -0.1) is 6.42 Å². The number of carbonyl (C=O) groups is 2. The van der Waals surface area contributed by atoms with Crippen molar-refractivity contribution in [2.45, 2.75) is 231 Å². The predicted molar refractivity (Wildman–Crippen MR) is 260 cm³/mol. The maximum Gasteiger partial charge on any atom is 0.472 e. The van der Waals surface area contributed by atoms with Gasteiger partial charge in [0.15, 0.2) is 29.3 Å². The van der Waals surface area contributed by atoms with Gasteiger partial charge in [-0.05, 0) is 19.8 Å². The number of rotatable bonds is 39. The molecule has 3 rings (SSSR count). The Kier molecular flexibility index (Phi) is 28.3. The van der Waals surface area contributed by atoms with Gasteiger partial charge in [0.1, 0.15) is 24.6 Å². The van der Waals surface area contributed by atoms with Crippen LogP contribution in [0.25, 0.3) is 11.2 Å². The first-order valence-electron chi connectivity index (χ1n) is 25.6. The minimum atomic E-state index is -4.95. The highest BCUT2D eigenvalue weighted by Gasteiger charge is 2.58. The number of esters is 2. The quantitative estimate of drug-likeness (QED) is 0.0279. The standard InChI is InChI=1S/C50H85FN5O10P/c1-7-10-12-14-16-18-20-22-24-26-28-30-32-34-43(57)62-36-41(65-44(58)35-33-31-29-27-25-23-21-19-17-15-13-11-8-2)37-63-67(60,61)64-38-42-46(59)50(51,9-3)49(66-42)56-39-52-45-47(55(5)6)53-40(4)54-48(45)56/h3,39,41-42,46,49,59H,7-8,10-38H2,1-2,4-6H3,(H,60,61)/t41?,42-,46-,49-,50-/m1/s1. The Hall–Kier alpha value is -3.19. The number of imidazole rings is 1. The lowest BCUT2D eigenvalue weighted by Crippen LogP contribution is -2.42. The molecule has 2 N–H and O–H groups in total. The number of phosphoric ester groups is 1. The first-order chi connectivity index (χ1) is 32.3. The highest BCUT2D eigenvalue weighted by molar-refractivity contribution is 7.47. The highest BCUT2D eigenvalue weighted by atomic mass is 31.2. The van der Waals surface area contributed by atoms with Crippen molar-refractivity contribution in [3.8, 4) is 12.3 Å². The zero-order valence-corrected chi connectivity index (χ0v) is 42.5. The van der Waals surface area contributed by atoms with Gasteiger partial charge >= 0.3 is 19.8 Å². The number of aliphatic hydroxyl groups excluding tert-OH is 1. The number of hydrogen-bond donors (Lipinski definition) is 2. The van der Waals surface area contributed by atoms with Crippen LogP contribution in [0.2, 0.25) is 0 Å². The fourth-order valence-electron chi connectivity index (χ4n) is 8.38. The Morgan fingerprint density at radius 1 is 0.806 bits per heavy atom. The van der Waals surface area contributed by atoms with Gasteiger partial charge in [-0.1, -0.05) is 174 Å². The summed E-state index contributed by atoms with van der Waals surface area (Å²) in [7, 11) is -1.42. The molecule has 17 heteroatoms. The van der Waals surface area contributed by atoms with Gasteiger partial charge in [-0.3, -0.25) is 23.2 Å². The van der Waals surface area contributed by atoms with Gasteiger partial charge in [-0.2, -0.15) is 0 Å². The average Bonchev–Trinajstić information content (AvgIpc) is 3.83. The van der Waals surface area contributed by atoms with Crippen LogP contribution in [0.4, 0.5) is 10.2 Å². The van der Waals surface area contributed by atoms with E-state index < -0.39 is 69.8 Å². The van der Waals surface area contributed by atoms with Crippen LogP contribution in [0.3, 0.4) is 0 Å². The molecule has 1 aliphatic heterocycles. The van der Waals surface area contributed by atoms with Crippen molar-refractivity contribution >= 4 is 36.7 Å². The Balaban J connectivity index is 1.49. The number of terminal acetylenes is 1. The Morgan fingerprint density at radius 3 is 1.76 bits per heavy atom.